The fourth-order valence-corrected chi connectivity index (χ4v) is 3.85. The van der Waals surface area contributed by atoms with Gasteiger partial charge in [0.15, 0.2) is 0 Å². The number of ether oxygens (including phenoxy) is 2. The molecule has 0 unspecified atom stereocenters. The van der Waals surface area contributed by atoms with Crippen molar-refractivity contribution in [3.63, 3.8) is 0 Å². The van der Waals surface area contributed by atoms with Crippen molar-refractivity contribution in [3.05, 3.63) is 110 Å². The van der Waals surface area contributed by atoms with Crippen LogP contribution in [0.5, 0.6) is 11.5 Å². The molecule has 2 aromatic carbocycles. The molecule has 0 saturated heterocycles. The summed E-state index contributed by atoms with van der Waals surface area (Å²) in [5.41, 5.74) is 3.51. The van der Waals surface area contributed by atoms with Gasteiger partial charge in [-0.1, -0.05) is 24.3 Å². The average molecular weight is 488 g/mol. The van der Waals surface area contributed by atoms with Crippen molar-refractivity contribution in [2.24, 2.45) is 0 Å². The van der Waals surface area contributed by atoms with Gasteiger partial charge in [-0.25, -0.2) is 14.2 Å². The van der Waals surface area contributed by atoms with Gasteiger partial charge in [0.1, 0.15) is 11.5 Å². The van der Waals surface area contributed by atoms with Gasteiger partial charge in [0.05, 0.1) is 27.3 Å². The Morgan fingerprint density at radius 1 is 0.833 bits per heavy atom. The first-order chi connectivity index (χ1) is 17.4. The number of pyridine rings is 1. The highest BCUT2D eigenvalue weighted by molar-refractivity contribution is 5.34. The summed E-state index contributed by atoms with van der Waals surface area (Å²) >= 11 is 0. The third kappa shape index (κ3) is 5.63. The first kappa shape index (κ1) is 24.7. The fourth-order valence-electron chi connectivity index (χ4n) is 3.85. The minimum Gasteiger partial charge on any atom is -0.497 e. The summed E-state index contributed by atoms with van der Waals surface area (Å²) in [6.07, 6.45) is 1.79. The van der Waals surface area contributed by atoms with E-state index in [4.69, 9.17) is 9.47 Å². The molecule has 9 nitrogen and oxygen atoms in total. The van der Waals surface area contributed by atoms with Gasteiger partial charge in [0.2, 0.25) is 5.95 Å². The molecule has 0 aliphatic carbocycles. The SMILES string of the molecule is COc1ccc(Cn2c(NCc3cnc(C)cc3C)nc(=O)n(Cc3ccc(OC)cc3)c2=O)cc1. The second-order valence-corrected chi connectivity index (χ2v) is 8.47. The van der Waals surface area contributed by atoms with E-state index >= 15 is 0 Å². The Morgan fingerprint density at radius 3 is 1.92 bits per heavy atom. The largest absolute Gasteiger partial charge is 0.497 e. The number of methoxy groups -OCH3 is 2. The van der Waals surface area contributed by atoms with E-state index in [2.05, 4.69) is 15.3 Å². The quantitative estimate of drug-likeness (QED) is 0.387. The van der Waals surface area contributed by atoms with E-state index in [1.165, 1.54) is 4.57 Å². The zero-order valence-electron chi connectivity index (χ0n) is 20.8. The van der Waals surface area contributed by atoms with Crippen molar-refractivity contribution in [1.29, 1.82) is 0 Å². The van der Waals surface area contributed by atoms with Crippen LogP contribution < -0.4 is 26.2 Å². The van der Waals surface area contributed by atoms with Gasteiger partial charge in [-0.15, -0.1) is 0 Å². The molecule has 0 aliphatic heterocycles. The summed E-state index contributed by atoms with van der Waals surface area (Å²) in [7, 11) is 3.18. The van der Waals surface area contributed by atoms with Crippen molar-refractivity contribution < 1.29 is 9.47 Å². The molecule has 4 aromatic rings. The van der Waals surface area contributed by atoms with Gasteiger partial charge >= 0.3 is 11.4 Å². The standard InChI is InChI=1S/C27H29N5O4/c1-18-13-19(2)28-14-22(18)15-29-25-30-26(33)32(17-21-7-11-24(36-4)12-8-21)27(34)31(25)16-20-5-9-23(35-3)10-6-20/h5-14H,15-17H2,1-4H3,(H,29,30,33). The van der Waals surface area contributed by atoms with Crippen LogP contribution in [-0.2, 0) is 19.6 Å². The van der Waals surface area contributed by atoms with Crippen molar-refractivity contribution in [1.82, 2.24) is 19.1 Å². The smallest absolute Gasteiger partial charge is 0.355 e. The van der Waals surface area contributed by atoms with Gasteiger partial charge in [-0.2, -0.15) is 4.98 Å². The van der Waals surface area contributed by atoms with Crippen LogP contribution in [0.1, 0.15) is 27.9 Å². The molecule has 0 fully saturated rings. The van der Waals surface area contributed by atoms with Crippen LogP contribution in [0.3, 0.4) is 0 Å². The molecule has 1 N–H and O–H groups in total. The van der Waals surface area contributed by atoms with E-state index < -0.39 is 11.4 Å². The van der Waals surface area contributed by atoms with Gasteiger partial charge < -0.3 is 14.8 Å². The third-order valence-electron chi connectivity index (χ3n) is 5.94. The summed E-state index contributed by atoms with van der Waals surface area (Å²) in [6, 6.07) is 16.6. The second-order valence-electron chi connectivity index (χ2n) is 8.47. The maximum absolute atomic E-state index is 13.6. The van der Waals surface area contributed by atoms with Crippen molar-refractivity contribution in [3.8, 4) is 11.5 Å². The van der Waals surface area contributed by atoms with E-state index in [0.29, 0.717) is 12.3 Å². The summed E-state index contributed by atoms with van der Waals surface area (Å²) < 4.78 is 13.0. The molecule has 186 valence electrons. The Hall–Kier alpha value is -4.40. The first-order valence-corrected chi connectivity index (χ1v) is 11.5. The molecule has 0 bridgehead atoms. The molecular formula is C27H29N5O4. The normalized spacial score (nSPS) is 10.8. The predicted molar refractivity (Wildman–Crippen MR) is 138 cm³/mol. The lowest BCUT2D eigenvalue weighted by molar-refractivity contribution is 0.414. The molecule has 0 aliphatic rings. The molecule has 0 amide bonds. The predicted octanol–water partition coefficient (Wildman–Crippen LogP) is 3.14. The van der Waals surface area contributed by atoms with Gasteiger partial charge in [-0.3, -0.25) is 9.55 Å². The van der Waals surface area contributed by atoms with Crippen LogP contribution in [0.2, 0.25) is 0 Å². The van der Waals surface area contributed by atoms with Crippen molar-refractivity contribution in [2.75, 3.05) is 19.5 Å². The summed E-state index contributed by atoms with van der Waals surface area (Å²) in [5.74, 6) is 1.61. The molecule has 2 heterocycles. The summed E-state index contributed by atoms with van der Waals surface area (Å²) in [4.78, 5) is 35.1. The maximum atomic E-state index is 13.6. The monoisotopic (exact) mass is 487 g/mol. The topological polar surface area (TPSA) is 100 Å². The van der Waals surface area contributed by atoms with Crippen LogP contribution in [0.25, 0.3) is 0 Å². The highest BCUT2D eigenvalue weighted by atomic mass is 16.5. The number of nitrogens with zero attached hydrogens (tertiary/aromatic N) is 4. The van der Waals surface area contributed by atoms with E-state index in [9.17, 15) is 9.59 Å². The Labute approximate surface area is 209 Å². The number of anilines is 1. The molecule has 0 radical (unpaired) electrons. The Bertz CT molecular complexity index is 1460. The molecule has 0 saturated carbocycles. The zero-order chi connectivity index (χ0) is 25.7. The van der Waals surface area contributed by atoms with Crippen LogP contribution in [0.15, 0.2) is 70.4 Å². The molecule has 36 heavy (non-hydrogen) atoms. The fraction of sp³-hybridized carbons (Fsp3) is 0.259. The number of aryl methyl sites for hydroxylation is 2. The summed E-state index contributed by atoms with van der Waals surface area (Å²) in [5, 5.41) is 3.18. The van der Waals surface area contributed by atoms with Crippen molar-refractivity contribution in [2.45, 2.75) is 33.5 Å². The number of hydrogen-bond acceptors (Lipinski definition) is 7. The van der Waals surface area contributed by atoms with Crippen LogP contribution in [0, 0.1) is 13.8 Å². The number of aromatic nitrogens is 4. The lowest BCUT2D eigenvalue weighted by Gasteiger charge is -2.16. The minimum absolute atomic E-state index is 0.0958. The number of nitrogens with one attached hydrogen (secondary N) is 1. The lowest BCUT2D eigenvalue weighted by Crippen LogP contribution is -2.43. The van der Waals surface area contributed by atoms with E-state index in [1.54, 1.807) is 32.5 Å². The van der Waals surface area contributed by atoms with Crippen molar-refractivity contribution >= 4 is 5.95 Å². The third-order valence-corrected chi connectivity index (χ3v) is 5.94. The molecule has 2 aromatic heterocycles. The highest BCUT2D eigenvalue weighted by Crippen LogP contribution is 2.15. The first-order valence-electron chi connectivity index (χ1n) is 11.5. The number of benzene rings is 2. The Balaban J connectivity index is 1.71. The molecule has 0 atom stereocenters. The highest BCUT2D eigenvalue weighted by Gasteiger charge is 2.15. The molecule has 4 rings (SSSR count). The van der Waals surface area contributed by atoms with Gasteiger partial charge in [0.25, 0.3) is 0 Å². The summed E-state index contributed by atoms with van der Waals surface area (Å²) in [6.45, 7) is 4.62. The Kier molecular flexibility index (Phi) is 7.48. The van der Waals surface area contributed by atoms with Crippen LogP contribution in [-0.4, -0.2) is 33.3 Å². The van der Waals surface area contributed by atoms with Gasteiger partial charge in [0, 0.05) is 18.4 Å². The number of rotatable bonds is 9. The van der Waals surface area contributed by atoms with E-state index in [0.717, 1.165) is 38.3 Å². The lowest BCUT2D eigenvalue weighted by atomic mass is 10.1. The van der Waals surface area contributed by atoms with E-state index in [-0.39, 0.29) is 19.0 Å². The molecule has 9 heteroatoms. The van der Waals surface area contributed by atoms with Crippen LogP contribution in [0.4, 0.5) is 5.95 Å². The van der Waals surface area contributed by atoms with E-state index in [1.807, 2.05) is 56.3 Å². The van der Waals surface area contributed by atoms with Crippen LogP contribution >= 0.6 is 0 Å². The minimum atomic E-state index is -0.622. The molecule has 0 spiro atoms. The molecular weight excluding hydrogens is 458 g/mol. The maximum Gasteiger partial charge on any atom is 0.355 e. The number of hydrogen-bond donors (Lipinski definition) is 1. The Morgan fingerprint density at radius 2 is 1.39 bits per heavy atom. The zero-order valence-corrected chi connectivity index (χ0v) is 20.8. The second kappa shape index (κ2) is 10.9. The average Bonchev–Trinajstić information content (AvgIpc) is 2.88. The van der Waals surface area contributed by atoms with Gasteiger partial charge in [-0.05, 0) is 66.4 Å².